The maximum atomic E-state index is 16.6. The maximum absolute atomic E-state index is 16.6. The molecule has 3 saturated heterocycles. The molecule has 5 rings (SSSR count). The average molecular weight is 1810 g/mol. The van der Waals surface area contributed by atoms with Gasteiger partial charge in [0.05, 0.1) is 39.6 Å². The van der Waals surface area contributed by atoms with Crippen molar-refractivity contribution in [1.82, 2.24) is 19.1 Å². The number of fused-ring (bicyclic) bond motifs is 1. The number of rotatable bonds is 33. The summed E-state index contributed by atoms with van der Waals surface area (Å²) in [6, 6.07) is 2.02. The van der Waals surface area contributed by atoms with Gasteiger partial charge in [0.1, 0.15) is 30.5 Å². The average Bonchev–Trinajstić information content (AvgIpc) is 1.55. The third-order valence-corrected chi connectivity index (χ3v) is 24.7. The number of aromatic nitrogens is 4. The maximum Gasteiger partial charge on any atom is 2.00 e. The molecule has 0 aromatic carbocycles. The number of carbonyl (C=O) groups is 6. The number of thioether (sulfide) groups is 6. The molecular formula is C70H119F2N4NiO26P3S6. The van der Waals surface area contributed by atoms with Gasteiger partial charge in [-0.05, 0) is 13.8 Å². The standard InChI is InChI=1S/C26H40FN2O11PS2.C24H38FN2O11PS2.C14H27O4PS2.2C3H7.Ni/c1-23(2,3)19(31)42-13-11-35-41(36-12-14-43-20(32)24(4,5)6)37-15-26(27)17-25(7,40-22(34-8)38-17)18(39-26)29-10-9-16(30)28-21(29)33;1-21(2,3)18(30)40-12-10-35-39(34,36-11-13-41-19(31)22(4,5)6)37-14-24(25)16(29)23(7,33)17(38-24)27-9-8-15(28)26-20(27)32;1-13(2,3)11(15)20-9-7-17-19-18-8-10-21-12(16)14(4,5)6;2*1-3-2;/h9-10,17-18,22H,11-15H2,1-8H3,(H,28,30,33);8-9,16-17,29,33H,10-14H2,1-7H3,(H,26,28,32);19H,7-10H2,1-6H3;2*1,3H2,2H3;/q;;;2*-1;+2/t17-,18+,22?,25+,26+;16-,17+,23+,24+;;;;/m00..../s1. The number of nitrogens with one attached hydrogen (secondary N) is 2. The Kier molecular flexibility index (Phi) is 49.2. The van der Waals surface area contributed by atoms with E-state index in [1.807, 2.05) is 102 Å². The first-order valence-corrected chi connectivity index (χ1v) is 44.7. The topological polar surface area (TPSA) is 390 Å². The van der Waals surface area contributed by atoms with Crippen LogP contribution >= 0.6 is 96.0 Å². The number of nitrogens with zero attached hydrogens (tertiary/aromatic N) is 2. The number of phosphoric ester groups is 1. The molecule has 3 aliphatic heterocycles. The molecule has 0 spiro atoms. The van der Waals surface area contributed by atoms with Gasteiger partial charge in [-0.2, -0.15) is 12.8 Å². The fourth-order valence-corrected chi connectivity index (χ4v) is 16.3. The molecule has 1 unspecified atom stereocenters. The number of carbonyl (C=O) groups excluding carboxylic acids is 6. The Morgan fingerprint density at radius 3 is 1.20 bits per heavy atom. The molecule has 0 aliphatic carbocycles. The Bertz CT molecular complexity index is 3440. The van der Waals surface area contributed by atoms with Crippen LogP contribution in [0.1, 0.15) is 178 Å². The minimum atomic E-state index is -4.57. The summed E-state index contributed by atoms with van der Waals surface area (Å²) in [6.45, 7) is 43.4. The summed E-state index contributed by atoms with van der Waals surface area (Å²) in [5.41, 5.74) is -10.2. The largest absolute Gasteiger partial charge is 2.00 e. The fourth-order valence-electron chi connectivity index (χ4n) is 8.15. The summed E-state index contributed by atoms with van der Waals surface area (Å²) in [5, 5.41) is 21.4. The smallest absolute Gasteiger partial charge is 0.384 e. The molecule has 2 aromatic rings. The molecule has 4 N–H and O–H groups in total. The molecule has 0 radical (unpaired) electrons. The van der Waals surface area contributed by atoms with Crippen molar-refractivity contribution in [2.24, 2.45) is 32.5 Å². The Labute approximate surface area is 696 Å². The molecule has 0 saturated carbocycles. The summed E-state index contributed by atoms with van der Waals surface area (Å²) in [7, 11) is -5.47. The van der Waals surface area contributed by atoms with Gasteiger partial charge < -0.3 is 70.4 Å². The molecule has 0 amide bonds. The van der Waals surface area contributed by atoms with Gasteiger partial charge in [-0.3, -0.25) is 71.0 Å². The van der Waals surface area contributed by atoms with Crippen LogP contribution in [0.25, 0.3) is 0 Å². The molecule has 9 atom stereocenters. The summed E-state index contributed by atoms with van der Waals surface area (Å²) in [4.78, 5) is 124. The van der Waals surface area contributed by atoms with E-state index in [4.69, 9.17) is 59.9 Å². The Morgan fingerprint density at radius 2 is 0.866 bits per heavy atom. The molecule has 0 bridgehead atoms. The summed E-state index contributed by atoms with van der Waals surface area (Å²) < 4.78 is 119. The zero-order valence-electron chi connectivity index (χ0n) is 68.4. The number of aliphatic hydroxyl groups is 2. The van der Waals surface area contributed by atoms with Crippen LogP contribution in [-0.4, -0.2) is 196 Å². The molecule has 650 valence electrons. The number of methoxy groups -OCH3 is 1. The van der Waals surface area contributed by atoms with E-state index in [1.165, 1.54) is 37.6 Å². The molecule has 2 aromatic heterocycles. The SMILES string of the molecule is CC(C)(C)C(=O)SCCOP(=O)(OCCSC(=O)C(C)(C)C)OC[C@@]1(F)O[C@@H](n2ccc(=O)[nH]c2=O)[C@](C)(O)[C@@H]1O.CC(C)(C)C(=O)SCCOPOCCSC(=O)C(C)(C)C.COC1O[C@H]2[C@@](C)(O1)[C@H](n1ccc(=O)[nH]c1=O)O[C@]2(F)COP(OCCSC(=O)C(C)(C)C)OCCSC(=O)C(C)(C)C.[CH2-]CC.[CH2-]CC.[Ni+2]. The van der Waals surface area contributed by atoms with Crippen LogP contribution in [0, 0.1) is 46.3 Å². The second-order valence-electron chi connectivity index (χ2n) is 31.2. The molecule has 3 fully saturated rings. The zero-order valence-corrected chi connectivity index (χ0v) is 77.1. The van der Waals surface area contributed by atoms with Crippen molar-refractivity contribution < 1.29 is 129 Å². The van der Waals surface area contributed by atoms with E-state index in [0.717, 1.165) is 95.9 Å². The normalized spacial score (nSPS) is 22.5. The summed E-state index contributed by atoms with van der Waals surface area (Å²) in [6.07, 6.45) is -2.81. The van der Waals surface area contributed by atoms with Gasteiger partial charge in [0.25, 0.3) is 29.3 Å². The van der Waals surface area contributed by atoms with E-state index in [9.17, 15) is 62.7 Å². The van der Waals surface area contributed by atoms with E-state index in [1.54, 1.807) is 41.5 Å². The van der Waals surface area contributed by atoms with E-state index in [2.05, 4.69) is 18.8 Å². The van der Waals surface area contributed by atoms with Crippen molar-refractivity contribution in [3.05, 3.63) is 80.1 Å². The molecule has 3 aliphatic rings. The van der Waals surface area contributed by atoms with Gasteiger partial charge in [0.15, 0.2) is 58.3 Å². The van der Waals surface area contributed by atoms with Gasteiger partial charge in [0, 0.05) is 98.6 Å². The second-order valence-corrected chi connectivity index (χ2v) is 41.2. The quantitative estimate of drug-likeness (QED) is 0.0223. The number of halogens is 2. The number of hydrogen-bond donors (Lipinski definition) is 4. The van der Waals surface area contributed by atoms with Crippen LogP contribution in [0.2, 0.25) is 0 Å². The predicted molar refractivity (Wildman–Crippen MR) is 436 cm³/mol. The number of alkyl halides is 2. The van der Waals surface area contributed by atoms with Gasteiger partial charge in [-0.25, -0.2) is 22.9 Å². The van der Waals surface area contributed by atoms with Crippen LogP contribution in [0.5, 0.6) is 0 Å². The van der Waals surface area contributed by atoms with Crippen molar-refractivity contribution in [3.63, 3.8) is 0 Å². The summed E-state index contributed by atoms with van der Waals surface area (Å²) in [5.74, 6) is -3.86. The van der Waals surface area contributed by atoms with Gasteiger partial charge >= 0.3 is 44.3 Å². The fraction of sp³-hybridized carbons (Fsp3) is 0.771. The number of hydrogen-bond acceptors (Lipinski definition) is 32. The molecule has 5 heterocycles. The van der Waals surface area contributed by atoms with Crippen molar-refractivity contribution in [2.75, 3.05) is 94.5 Å². The number of H-pyrrole nitrogens is 2. The Balaban J connectivity index is 0.00000167. The summed E-state index contributed by atoms with van der Waals surface area (Å²) >= 11 is 6.64. The van der Waals surface area contributed by atoms with Crippen LogP contribution < -0.4 is 22.5 Å². The van der Waals surface area contributed by atoms with Crippen molar-refractivity contribution in [3.8, 4) is 0 Å². The van der Waals surface area contributed by atoms with Crippen molar-refractivity contribution in [2.45, 2.75) is 219 Å². The van der Waals surface area contributed by atoms with Crippen LogP contribution in [0.4, 0.5) is 8.78 Å². The third kappa shape index (κ3) is 38.4. The van der Waals surface area contributed by atoms with Gasteiger partial charge in [-0.1, -0.05) is 209 Å². The van der Waals surface area contributed by atoms with Crippen LogP contribution in [-0.2, 0) is 110 Å². The number of phosphoric acid groups is 1. The van der Waals surface area contributed by atoms with Crippen LogP contribution in [0.3, 0.4) is 0 Å². The molecule has 42 heteroatoms. The monoisotopic (exact) mass is 1810 g/mol. The molecule has 112 heavy (non-hydrogen) atoms. The Morgan fingerprint density at radius 1 is 0.545 bits per heavy atom. The van der Waals surface area contributed by atoms with Crippen molar-refractivity contribution in [1.29, 1.82) is 0 Å². The van der Waals surface area contributed by atoms with Crippen molar-refractivity contribution >= 4 is 127 Å². The minimum Gasteiger partial charge on any atom is -0.384 e. The van der Waals surface area contributed by atoms with Crippen LogP contribution in [0.15, 0.2) is 43.7 Å². The first-order valence-electron chi connectivity index (χ1n) is 35.4. The zero-order chi connectivity index (χ0) is 85.6. The minimum absolute atomic E-state index is 0. The number of aliphatic hydroxyl groups excluding tert-OH is 1. The first-order chi connectivity index (χ1) is 50.9. The van der Waals surface area contributed by atoms with Gasteiger partial charge in [-0.15, -0.1) is 0 Å². The molecule has 30 nitrogen and oxygen atoms in total. The predicted octanol–water partition coefficient (Wildman–Crippen LogP) is 12.9. The first kappa shape index (κ1) is 110. The third-order valence-electron chi connectivity index (χ3n) is 14.1. The van der Waals surface area contributed by atoms with E-state index < -0.39 is 128 Å². The Hall–Kier alpha value is -1.68. The molecular weight excluding hydrogens is 1690 g/mol. The second kappa shape index (κ2) is 49.9. The van der Waals surface area contributed by atoms with Gasteiger partial charge in [0.2, 0.25) is 0 Å². The number of ether oxygens (including phenoxy) is 5. The van der Waals surface area contributed by atoms with E-state index in [-0.39, 0.29) is 105 Å². The van der Waals surface area contributed by atoms with E-state index in [0.29, 0.717) is 40.8 Å². The number of aromatic amines is 2. The van der Waals surface area contributed by atoms with E-state index >= 15 is 8.78 Å².